The number of rotatable bonds is 3. The lowest BCUT2D eigenvalue weighted by molar-refractivity contribution is -0.129. The van der Waals surface area contributed by atoms with Crippen molar-refractivity contribution in [2.45, 2.75) is 32.7 Å². The fourth-order valence-electron chi connectivity index (χ4n) is 1.19. The first kappa shape index (κ1) is 10.0. The Hall–Kier alpha value is -1.06. The number of carbonyl (C=O) groups excluding carboxylic acids is 2. The predicted octanol–water partition coefficient (Wildman–Crippen LogP) is 0.0372. The standard InChI is InChI=1S/C9H16N2O2/c1-9(2)5-6(9)11-8(13)4-7(12)10-3/h6H,4-5H2,1-3H3,(H,10,12)(H,11,13). The van der Waals surface area contributed by atoms with Crippen molar-refractivity contribution in [1.82, 2.24) is 10.6 Å². The zero-order chi connectivity index (χ0) is 10.1. The van der Waals surface area contributed by atoms with E-state index in [1.807, 2.05) is 0 Å². The summed E-state index contributed by atoms with van der Waals surface area (Å²) in [4.78, 5) is 22.0. The molecule has 1 aliphatic carbocycles. The summed E-state index contributed by atoms with van der Waals surface area (Å²) in [5, 5.41) is 5.22. The zero-order valence-corrected chi connectivity index (χ0v) is 8.31. The molecular weight excluding hydrogens is 168 g/mol. The smallest absolute Gasteiger partial charge is 0.229 e. The summed E-state index contributed by atoms with van der Waals surface area (Å²) in [5.74, 6) is -0.425. The third-order valence-electron chi connectivity index (χ3n) is 2.45. The van der Waals surface area contributed by atoms with Crippen molar-refractivity contribution < 1.29 is 9.59 Å². The Morgan fingerprint density at radius 1 is 1.38 bits per heavy atom. The normalized spacial score (nSPS) is 23.5. The second kappa shape index (κ2) is 3.36. The molecular formula is C9H16N2O2. The molecule has 0 aromatic carbocycles. The third kappa shape index (κ3) is 2.72. The van der Waals surface area contributed by atoms with Crippen LogP contribution in [0.5, 0.6) is 0 Å². The van der Waals surface area contributed by atoms with E-state index in [1.54, 1.807) is 0 Å². The minimum atomic E-state index is -0.240. The molecule has 4 heteroatoms. The summed E-state index contributed by atoms with van der Waals surface area (Å²) >= 11 is 0. The summed E-state index contributed by atoms with van der Waals surface area (Å²) in [6.07, 6.45) is 0.940. The lowest BCUT2D eigenvalue weighted by atomic mass is 10.2. The molecule has 4 nitrogen and oxygen atoms in total. The highest BCUT2D eigenvalue weighted by Gasteiger charge is 2.46. The summed E-state index contributed by atoms with van der Waals surface area (Å²) < 4.78 is 0. The van der Waals surface area contributed by atoms with E-state index in [2.05, 4.69) is 24.5 Å². The summed E-state index contributed by atoms with van der Waals surface area (Å²) in [5.41, 5.74) is 0.221. The Kier molecular flexibility index (Phi) is 2.59. The van der Waals surface area contributed by atoms with Crippen LogP contribution in [-0.2, 0) is 9.59 Å². The van der Waals surface area contributed by atoms with Crippen molar-refractivity contribution in [3.63, 3.8) is 0 Å². The van der Waals surface area contributed by atoms with Crippen LogP contribution in [0.3, 0.4) is 0 Å². The van der Waals surface area contributed by atoms with Crippen molar-refractivity contribution in [2.75, 3.05) is 7.05 Å². The molecule has 0 saturated heterocycles. The molecule has 0 aromatic heterocycles. The average molecular weight is 184 g/mol. The van der Waals surface area contributed by atoms with Gasteiger partial charge < -0.3 is 10.6 Å². The van der Waals surface area contributed by atoms with Crippen LogP contribution in [0.2, 0.25) is 0 Å². The van der Waals surface area contributed by atoms with Crippen LogP contribution in [0, 0.1) is 5.41 Å². The van der Waals surface area contributed by atoms with Crippen molar-refractivity contribution in [3.05, 3.63) is 0 Å². The quantitative estimate of drug-likeness (QED) is 0.608. The number of carbonyl (C=O) groups is 2. The van der Waals surface area contributed by atoms with Gasteiger partial charge in [-0.2, -0.15) is 0 Å². The van der Waals surface area contributed by atoms with Gasteiger partial charge in [0.2, 0.25) is 11.8 Å². The Morgan fingerprint density at radius 3 is 2.31 bits per heavy atom. The minimum absolute atomic E-state index is 0.0664. The van der Waals surface area contributed by atoms with Gasteiger partial charge in [-0.25, -0.2) is 0 Å². The van der Waals surface area contributed by atoms with E-state index in [0.29, 0.717) is 0 Å². The summed E-state index contributed by atoms with van der Waals surface area (Å²) in [6.45, 7) is 4.19. The Bertz CT molecular complexity index is 236. The highest BCUT2D eigenvalue weighted by Crippen LogP contribution is 2.44. The molecule has 1 saturated carbocycles. The topological polar surface area (TPSA) is 58.2 Å². The SMILES string of the molecule is CNC(=O)CC(=O)NC1CC1(C)C. The first-order valence-corrected chi connectivity index (χ1v) is 4.45. The molecule has 2 amide bonds. The highest BCUT2D eigenvalue weighted by molar-refractivity contribution is 5.96. The minimum Gasteiger partial charge on any atom is -0.359 e. The number of hydrogen-bond donors (Lipinski definition) is 2. The lowest BCUT2D eigenvalue weighted by Crippen LogP contribution is -2.33. The second-order valence-corrected chi connectivity index (χ2v) is 4.16. The molecule has 0 heterocycles. The monoisotopic (exact) mass is 184 g/mol. The predicted molar refractivity (Wildman–Crippen MR) is 49.0 cm³/mol. The third-order valence-corrected chi connectivity index (χ3v) is 2.45. The second-order valence-electron chi connectivity index (χ2n) is 4.16. The van der Waals surface area contributed by atoms with Gasteiger partial charge in [-0.15, -0.1) is 0 Å². The molecule has 1 fully saturated rings. The lowest BCUT2D eigenvalue weighted by Gasteiger charge is -2.05. The van der Waals surface area contributed by atoms with E-state index in [0.717, 1.165) is 6.42 Å². The molecule has 1 unspecified atom stereocenters. The molecule has 74 valence electrons. The molecule has 0 aliphatic heterocycles. The molecule has 0 aromatic rings. The van der Waals surface area contributed by atoms with E-state index < -0.39 is 0 Å². The van der Waals surface area contributed by atoms with Gasteiger partial charge in [0, 0.05) is 13.1 Å². The number of hydrogen-bond acceptors (Lipinski definition) is 2. The Labute approximate surface area is 78.1 Å². The molecule has 1 aliphatic rings. The van der Waals surface area contributed by atoms with Crippen LogP contribution in [0.15, 0.2) is 0 Å². The van der Waals surface area contributed by atoms with Crippen LogP contribution in [0.4, 0.5) is 0 Å². The fourth-order valence-corrected chi connectivity index (χ4v) is 1.19. The van der Waals surface area contributed by atoms with E-state index in [1.165, 1.54) is 7.05 Å². The largest absolute Gasteiger partial charge is 0.359 e. The van der Waals surface area contributed by atoms with E-state index in [-0.39, 0.29) is 29.7 Å². The summed E-state index contributed by atoms with van der Waals surface area (Å²) in [6, 6.07) is 0.254. The van der Waals surface area contributed by atoms with Gasteiger partial charge in [0.25, 0.3) is 0 Å². The van der Waals surface area contributed by atoms with Gasteiger partial charge in [0.1, 0.15) is 6.42 Å². The van der Waals surface area contributed by atoms with Crippen molar-refractivity contribution in [1.29, 1.82) is 0 Å². The molecule has 1 rings (SSSR count). The molecule has 13 heavy (non-hydrogen) atoms. The van der Waals surface area contributed by atoms with Crippen molar-refractivity contribution in [3.8, 4) is 0 Å². The molecule has 0 spiro atoms. The average Bonchev–Trinajstić information content (AvgIpc) is 2.58. The van der Waals surface area contributed by atoms with Crippen molar-refractivity contribution >= 4 is 11.8 Å². The van der Waals surface area contributed by atoms with Gasteiger partial charge in [-0.3, -0.25) is 9.59 Å². The van der Waals surface area contributed by atoms with Crippen LogP contribution >= 0.6 is 0 Å². The van der Waals surface area contributed by atoms with Gasteiger partial charge in [0.15, 0.2) is 0 Å². The maximum atomic E-state index is 11.2. The Balaban J connectivity index is 2.24. The first-order chi connectivity index (χ1) is 5.95. The Morgan fingerprint density at radius 2 is 1.92 bits per heavy atom. The van der Waals surface area contributed by atoms with E-state index in [4.69, 9.17) is 0 Å². The molecule has 2 N–H and O–H groups in total. The van der Waals surface area contributed by atoms with Crippen LogP contribution in [-0.4, -0.2) is 24.9 Å². The zero-order valence-electron chi connectivity index (χ0n) is 8.31. The van der Waals surface area contributed by atoms with Crippen molar-refractivity contribution in [2.24, 2.45) is 5.41 Å². The maximum Gasteiger partial charge on any atom is 0.229 e. The van der Waals surface area contributed by atoms with Gasteiger partial charge in [0.05, 0.1) is 0 Å². The van der Waals surface area contributed by atoms with E-state index >= 15 is 0 Å². The maximum absolute atomic E-state index is 11.2. The first-order valence-electron chi connectivity index (χ1n) is 4.45. The van der Waals surface area contributed by atoms with Gasteiger partial charge >= 0.3 is 0 Å². The summed E-state index contributed by atoms with van der Waals surface area (Å²) in [7, 11) is 1.52. The fraction of sp³-hybridized carbons (Fsp3) is 0.778. The number of amides is 2. The number of nitrogens with one attached hydrogen (secondary N) is 2. The molecule has 0 radical (unpaired) electrons. The molecule has 0 bridgehead atoms. The van der Waals surface area contributed by atoms with Gasteiger partial charge in [-0.05, 0) is 11.8 Å². The van der Waals surface area contributed by atoms with Crippen LogP contribution in [0.1, 0.15) is 26.7 Å². The highest BCUT2D eigenvalue weighted by atomic mass is 16.2. The van der Waals surface area contributed by atoms with Crippen LogP contribution < -0.4 is 10.6 Å². The van der Waals surface area contributed by atoms with Gasteiger partial charge in [-0.1, -0.05) is 13.8 Å². The molecule has 1 atom stereocenters. The van der Waals surface area contributed by atoms with E-state index in [9.17, 15) is 9.59 Å². The van der Waals surface area contributed by atoms with Crippen LogP contribution in [0.25, 0.3) is 0 Å².